The van der Waals surface area contributed by atoms with Crippen molar-refractivity contribution >= 4 is 21.4 Å². The summed E-state index contributed by atoms with van der Waals surface area (Å²) in [5.74, 6) is 0. The van der Waals surface area contributed by atoms with E-state index in [0.717, 1.165) is 31.7 Å². The van der Waals surface area contributed by atoms with Gasteiger partial charge in [0.15, 0.2) is 0 Å². The largest absolute Gasteiger partial charge is 0.383 e. The summed E-state index contributed by atoms with van der Waals surface area (Å²) in [6.07, 6.45) is 5.38. The number of nitro groups is 1. The number of anilines is 1. The second kappa shape index (κ2) is 8.79. The maximum Gasteiger partial charge on any atom is 0.293 e. The fourth-order valence-corrected chi connectivity index (χ4v) is 4.64. The van der Waals surface area contributed by atoms with Gasteiger partial charge in [0.25, 0.3) is 5.69 Å². The van der Waals surface area contributed by atoms with Crippen molar-refractivity contribution in [2.75, 3.05) is 25.7 Å². The molecule has 0 spiro atoms. The molecule has 0 saturated heterocycles. The van der Waals surface area contributed by atoms with Crippen molar-refractivity contribution in [3.05, 3.63) is 28.3 Å². The first kappa shape index (κ1) is 20.6. The Morgan fingerprint density at radius 1 is 1.35 bits per heavy atom. The molecule has 0 aliphatic heterocycles. The van der Waals surface area contributed by atoms with E-state index in [1.807, 2.05) is 11.9 Å². The molecule has 1 saturated carbocycles. The molecule has 0 radical (unpaired) electrons. The molecule has 26 heavy (non-hydrogen) atoms. The topological polar surface area (TPSA) is 102 Å². The highest BCUT2D eigenvalue weighted by Crippen LogP contribution is 2.34. The molecule has 9 heteroatoms. The van der Waals surface area contributed by atoms with Gasteiger partial charge < -0.3 is 9.64 Å². The zero-order valence-electron chi connectivity index (χ0n) is 15.5. The van der Waals surface area contributed by atoms with Gasteiger partial charge >= 0.3 is 0 Å². The Bertz CT molecular complexity index is 732. The van der Waals surface area contributed by atoms with Gasteiger partial charge in [-0.15, -0.1) is 0 Å². The molecule has 0 unspecified atom stereocenters. The Balaban J connectivity index is 2.32. The first-order chi connectivity index (χ1) is 12.3. The molecular weight excluding hydrogens is 358 g/mol. The van der Waals surface area contributed by atoms with Crippen LogP contribution in [-0.2, 0) is 14.8 Å². The van der Waals surface area contributed by atoms with Crippen molar-refractivity contribution in [2.45, 2.75) is 56.0 Å². The predicted molar refractivity (Wildman–Crippen MR) is 100 cm³/mol. The van der Waals surface area contributed by atoms with Crippen LogP contribution in [-0.4, -0.2) is 46.2 Å². The molecule has 1 fully saturated rings. The lowest BCUT2D eigenvalue weighted by Crippen LogP contribution is -2.36. The van der Waals surface area contributed by atoms with E-state index < -0.39 is 21.0 Å². The van der Waals surface area contributed by atoms with Gasteiger partial charge in [-0.05, 0) is 31.9 Å². The molecule has 146 valence electrons. The Labute approximate surface area is 154 Å². The summed E-state index contributed by atoms with van der Waals surface area (Å²) in [5, 5.41) is 11.6. The van der Waals surface area contributed by atoms with Gasteiger partial charge in [-0.1, -0.05) is 19.3 Å². The number of rotatable bonds is 8. The highest BCUT2D eigenvalue weighted by atomic mass is 32.2. The smallest absolute Gasteiger partial charge is 0.293 e. The molecule has 1 N–H and O–H groups in total. The van der Waals surface area contributed by atoms with Gasteiger partial charge in [0, 0.05) is 32.3 Å². The van der Waals surface area contributed by atoms with Crippen molar-refractivity contribution in [3.8, 4) is 0 Å². The molecular formula is C17H27N3O5S. The zero-order chi connectivity index (χ0) is 19.3. The standard InChI is InChI=1S/C17H27N3O5S/c1-13(12-25-3)18-26(23,24)15-9-10-16(17(11-15)20(21)22)19(2)14-7-5-4-6-8-14/h9-11,13-14,18H,4-8,12H2,1-3H3/t13-/m1/s1. The van der Waals surface area contributed by atoms with Gasteiger partial charge in [0.1, 0.15) is 5.69 Å². The van der Waals surface area contributed by atoms with Crippen LogP contribution in [0.25, 0.3) is 0 Å². The molecule has 0 aromatic heterocycles. The van der Waals surface area contributed by atoms with Crippen LogP contribution >= 0.6 is 0 Å². The minimum atomic E-state index is -3.86. The molecule has 8 nitrogen and oxygen atoms in total. The SMILES string of the molecule is COC[C@@H](C)NS(=O)(=O)c1ccc(N(C)C2CCCCC2)c([N+](=O)[O-])c1. The van der Waals surface area contributed by atoms with E-state index in [0.29, 0.717) is 5.69 Å². The summed E-state index contributed by atoms with van der Waals surface area (Å²) >= 11 is 0. The molecule has 0 heterocycles. The minimum Gasteiger partial charge on any atom is -0.383 e. The number of nitrogens with zero attached hydrogens (tertiary/aromatic N) is 2. The highest BCUT2D eigenvalue weighted by Gasteiger charge is 2.27. The van der Waals surface area contributed by atoms with Crippen LogP contribution < -0.4 is 9.62 Å². The first-order valence-electron chi connectivity index (χ1n) is 8.79. The summed E-state index contributed by atoms with van der Waals surface area (Å²) in [6.45, 7) is 1.88. The van der Waals surface area contributed by atoms with Gasteiger partial charge in [0.05, 0.1) is 16.4 Å². The van der Waals surface area contributed by atoms with E-state index in [-0.39, 0.29) is 23.2 Å². The number of ether oxygens (including phenoxy) is 1. The van der Waals surface area contributed by atoms with Gasteiger partial charge in [-0.2, -0.15) is 0 Å². The minimum absolute atomic E-state index is 0.118. The van der Waals surface area contributed by atoms with Crippen LogP contribution in [0.5, 0.6) is 0 Å². The number of methoxy groups -OCH3 is 1. The number of nitro benzene ring substituents is 1. The summed E-state index contributed by atoms with van der Waals surface area (Å²) < 4.78 is 32.3. The third-order valence-electron chi connectivity index (χ3n) is 4.73. The lowest BCUT2D eigenvalue weighted by Gasteiger charge is -2.32. The van der Waals surface area contributed by atoms with Gasteiger partial charge in [0.2, 0.25) is 10.0 Å². The third-order valence-corrected chi connectivity index (χ3v) is 6.32. The fraction of sp³-hybridized carbons (Fsp3) is 0.647. The molecule has 1 aliphatic rings. The van der Waals surface area contributed by atoms with Crippen molar-refractivity contribution in [3.63, 3.8) is 0 Å². The Morgan fingerprint density at radius 2 is 2.00 bits per heavy atom. The fourth-order valence-electron chi connectivity index (χ4n) is 3.40. The van der Waals surface area contributed by atoms with Gasteiger partial charge in [-0.25, -0.2) is 13.1 Å². The van der Waals surface area contributed by atoms with Crippen molar-refractivity contribution < 1.29 is 18.1 Å². The normalized spacial score (nSPS) is 17.0. The second-order valence-electron chi connectivity index (χ2n) is 6.79. The third kappa shape index (κ3) is 4.93. The van der Waals surface area contributed by atoms with Crippen molar-refractivity contribution in [2.24, 2.45) is 0 Å². The molecule has 0 bridgehead atoms. The number of nitrogens with one attached hydrogen (secondary N) is 1. The first-order valence-corrected chi connectivity index (χ1v) is 10.3. The number of benzene rings is 1. The van der Waals surface area contributed by atoms with Crippen LogP contribution in [0.4, 0.5) is 11.4 Å². The van der Waals surface area contributed by atoms with E-state index in [9.17, 15) is 18.5 Å². The average Bonchev–Trinajstić information content (AvgIpc) is 2.61. The zero-order valence-corrected chi connectivity index (χ0v) is 16.3. The monoisotopic (exact) mass is 385 g/mol. The van der Waals surface area contributed by atoms with Crippen LogP contribution in [0.2, 0.25) is 0 Å². The van der Waals surface area contributed by atoms with Crippen molar-refractivity contribution in [1.82, 2.24) is 4.72 Å². The van der Waals surface area contributed by atoms with E-state index in [1.54, 1.807) is 6.92 Å². The maximum atomic E-state index is 12.5. The van der Waals surface area contributed by atoms with Crippen molar-refractivity contribution in [1.29, 1.82) is 0 Å². The molecule has 1 aromatic rings. The molecule has 2 rings (SSSR count). The van der Waals surface area contributed by atoms with E-state index in [4.69, 9.17) is 4.74 Å². The number of hydrogen-bond acceptors (Lipinski definition) is 6. The van der Waals surface area contributed by atoms with Gasteiger partial charge in [-0.3, -0.25) is 10.1 Å². The predicted octanol–water partition coefficient (Wildman–Crippen LogP) is 2.68. The molecule has 1 aromatic carbocycles. The Hall–Kier alpha value is -1.71. The summed E-state index contributed by atoms with van der Waals surface area (Å²) in [7, 11) is -0.542. The quantitative estimate of drug-likeness (QED) is 0.545. The van der Waals surface area contributed by atoms with E-state index in [2.05, 4.69) is 4.72 Å². The molecule has 1 aliphatic carbocycles. The number of hydrogen-bond donors (Lipinski definition) is 1. The Kier molecular flexibility index (Phi) is 6.96. The summed E-state index contributed by atoms with van der Waals surface area (Å²) in [5.41, 5.74) is 0.256. The van der Waals surface area contributed by atoms with Crippen LogP contribution in [0, 0.1) is 10.1 Å². The summed E-state index contributed by atoms with van der Waals surface area (Å²) in [4.78, 5) is 12.8. The number of sulfonamides is 1. The Morgan fingerprint density at radius 3 is 2.58 bits per heavy atom. The summed E-state index contributed by atoms with van der Waals surface area (Å²) in [6, 6.07) is 3.89. The molecule has 0 amide bonds. The van der Waals surface area contributed by atoms with Crippen LogP contribution in [0.1, 0.15) is 39.0 Å². The van der Waals surface area contributed by atoms with Crippen LogP contribution in [0.3, 0.4) is 0 Å². The highest BCUT2D eigenvalue weighted by molar-refractivity contribution is 7.89. The maximum absolute atomic E-state index is 12.5. The second-order valence-corrected chi connectivity index (χ2v) is 8.50. The lowest BCUT2D eigenvalue weighted by atomic mass is 9.94. The van der Waals surface area contributed by atoms with E-state index in [1.165, 1.54) is 25.7 Å². The van der Waals surface area contributed by atoms with Crippen LogP contribution in [0.15, 0.2) is 23.1 Å². The van der Waals surface area contributed by atoms with E-state index >= 15 is 0 Å². The lowest BCUT2D eigenvalue weighted by molar-refractivity contribution is -0.384. The average molecular weight is 385 g/mol. The molecule has 1 atom stereocenters.